The highest BCUT2D eigenvalue weighted by molar-refractivity contribution is 5.17. The summed E-state index contributed by atoms with van der Waals surface area (Å²) >= 11 is 0. The number of rotatable bonds is 5. The number of nitrogens with two attached hydrogens (primary N) is 1. The summed E-state index contributed by atoms with van der Waals surface area (Å²) in [6, 6.07) is 4.49. The maximum absolute atomic E-state index is 6.22. The van der Waals surface area contributed by atoms with Crippen molar-refractivity contribution in [3.05, 3.63) is 30.1 Å². The molecule has 1 aliphatic rings. The molecule has 4 nitrogen and oxygen atoms in total. The van der Waals surface area contributed by atoms with Crippen LogP contribution in [0.25, 0.3) is 0 Å². The second kappa shape index (κ2) is 6.98. The van der Waals surface area contributed by atoms with E-state index in [9.17, 15) is 0 Å². The lowest BCUT2D eigenvalue weighted by Crippen LogP contribution is -2.46. The molecule has 19 heavy (non-hydrogen) atoms. The molecule has 1 aromatic rings. The Hall–Kier alpha value is -0.970. The first-order valence-corrected chi connectivity index (χ1v) is 7.23. The molecule has 2 N–H and O–H groups in total. The number of ether oxygens (including phenoxy) is 1. The van der Waals surface area contributed by atoms with Crippen LogP contribution < -0.4 is 5.73 Å². The largest absolute Gasteiger partial charge is 0.377 e. The number of aromatic nitrogens is 1. The molecule has 0 radical (unpaired) electrons. The fourth-order valence-electron chi connectivity index (χ4n) is 3.00. The van der Waals surface area contributed by atoms with Crippen LogP contribution in [0.1, 0.15) is 38.3 Å². The summed E-state index contributed by atoms with van der Waals surface area (Å²) in [6.07, 6.45) is 6.37. The lowest BCUT2D eigenvalue weighted by atomic mass is 9.96. The van der Waals surface area contributed by atoms with Gasteiger partial charge in [0.2, 0.25) is 0 Å². The summed E-state index contributed by atoms with van der Waals surface area (Å²) < 4.78 is 5.78. The molecule has 1 saturated heterocycles. The van der Waals surface area contributed by atoms with Gasteiger partial charge in [0, 0.05) is 37.6 Å². The van der Waals surface area contributed by atoms with Gasteiger partial charge in [0.1, 0.15) is 0 Å². The third kappa shape index (κ3) is 3.75. The molecule has 1 fully saturated rings. The molecule has 2 rings (SSSR count). The van der Waals surface area contributed by atoms with Gasteiger partial charge in [0.05, 0.1) is 6.10 Å². The topological polar surface area (TPSA) is 51.4 Å². The second-order valence-electron chi connectivity index (χ2n) is 5.30. The van der Waals surface area contributed by atoms with Crippen molar-refractivity contribution in [3.8, 4) is 0 Å². The van der Waals surface area contributed by atoms with Gasteiger partial charge >= 0.3 is 0 Å². The highest BCUT2D eigenvalue weighted by Crippen LogP contribution is 2.27. The lowest BCUT2D eigenvalue weighted by Gasteiger charge is -2.40. The fraction of sp³-hybridized carbons (Fsp3) is 0.667. The van der Waals surface area contributed by atoms with E-state index in [0.29, 0.717) is 6.10 Å². The predicted molar refractivity (Wildman–Crippen MR) is 76.8 cm³/mol. The predicted octanol–water partition coefficient (Wildman–Crippen LogP) is 1.97. The molecule has 0 bridgehead atoms. The molecule has 3 atom stereocenters. The van der Waals surface area contributed by atoms with Crippen LogP contribution in [-0.4, -0.2) is 41.7 Å². The van der Waals surface area contributed by atoms with Gasteiger partial charge in [-0.3, -0.25) is 9.88 Å². The molecule has 3 unspecified atom stereocenters. The quantitative estimate of drug-likeness (QED) is 0.882. The minimum Gasteiger partial charge on any atom is -0.377 e. The van der Waals surface area contributed by atoms with Crippen LogP contribution in [0.4, 0.5) is 0 Å². The monoisotopic (exact) mass is 263 g/mol. The smallest absolute Gasteiger partial charge is 0.0702 e. The molecule has 0 aliphatic carbocycles. The normalized spacial score (nSPS) is 24.1. The zero-order valence-corrected chi connectivity index (χ0v) is 12.0. The van der Waals surface area contributed by atoms with Crippen LogP contribution in [0, 0.1) is 0 Å². The molecule has 0 aromatic carbocycles. The van der Waals surface area contributed by atoms with E-state index >= 15 is 0 Å². The van der Waals surface area contributed by atoms with E-state index in [1.807, 2.05) is 12.4 Å². The summed E-state index contributed by atoms with van der Waals surface area (Å²) in [5, 5.41) is 0. The van der Waals surface area contributed by atoms with Crippen LogP contribution >= 0.6 is 0 Å². The van der Waals surface area contributed by atoms with Crippen molar-refractivity contribution in [2.75, 3.05) is 19.7 Å². The summed E-state index contributed by atoms with van der Waals surface area (Å²) in [6.45, 7) is 7.00. The number of hydrogen-bond acceptors (Lipinski definition) is 4. The Morgan fingerprint density at radius 1 is 1.47 bits per heavy atom. The Morgan fingerprint density at radius 2 is 2.21 bits per heavy atom. The number of pyridine rings is 1. The van der Waals surface area contributed by atoms with Gasteiger partial charge in [-0.25, -0.2) is 0 Å². The fourth-order valence-corrected chi connectivity index (χ4v) is 3.00. The van der Waals surface area contributed by atoms with Crippen molar-refractivity contribution in [1.82, 2.24) is 9.88 Å². The van der Waals surface area contributed by atoms with Crippen LogP contribution in [0.15, 0.2) is 24.5 Å². The van der Waals surface area contributed by atoms with E-state index in [1.165, 1.54) is 12.0 Å². The Labute approximate surface area is 116 Å². The number of hydrogen-bond donors (Lipinski definition) is 1. The third-order valence-corrected chi connectivity index (χ3v) is 3.75. The van der Waals surface area contributed by atoms with Crippen LogP contribution in [0.2, 0.25) is 0 Å². The first kappa shape index (κ1) is 14.4. The molecule has 2 heterocycles. The van der Waals surface area contributed by atoms with E-state index in [0.717, 1.165) is 26.1 Å². The van der Waals surface area contributed by atoms with Crippen molar-refractivity contribution >= 4 is 0 Å². The van der Waals surface area contributed by atoms with Crippen molar-refractivity contribution < 1.29 is 4.74 Å². The van der Waals surface area contributed by atoms with Crippen LogP contribution in [0.3, 0.4) is 0 Å². The van der Waals surface area contributed by atoms with Crippen LogP contribution in [0.5, 0.6) is 0 Å². The second-order valence-corrected chi connectivity index (χ2v) is 5.30. The summed E-state index contributed by atoms with van der Waals surface area (Å²) in [7, 11) is 0. The highest BCUT2D eigenvalue weighted by Gasteiger charge is 2.29. The standard InChI is InChI=1S/C15H25N3O/c1-3-19-14-5-4-10-18(11-14)15(12(2)16)13-6-8-17-9-7-13/h6-9,12,14-15H,3-5,10-11,16H2,1-2H3. The van der Waals surface area contributed by atoms with Crippen molar-refractivity contribution in [2.24, 2.45) is 5.73 Å². The first-order chi connectivity index (χ1) is 9.22. The molecule has 0 amide bonds. The minimum absolute atomic E-state index is 0.0998. The van der Waals surface area contributed by atoms with E-state index in [4.69, 9.17) is 10.5 Å². The SMILES string of the molecule is CCOC1CCCN(C(c2ccncc2)C(C)N)C1. The summed E-state index contributed by atoms with van der Waals surface area (Å²) in [5.41, 5.74) is 7.47. The van der Waals surface area contributed by atoms with Gasteiger partial charge in [-0.15, -0.1) is 0 Å². The van der Waals surface area contributed by atoms with Gasteiger partial charge < -0.3 is 10.5 Å². The summed E-state index contributed by atoms with van der Waals surface area (Å²) in [5.74, 6) is 0. The van der Waals surface area contributed by atoms with Gasteiger partial charge in [0.15, 0.2) is 0 Å². The first-order valence-electron chi connectivity index (χ1n) is 7.23. The van der Waals surface area contributed by atoms with Gasteiger partial charge in [-0.2, -0.15) is 0 Å². The Kier molecular flexibility index (Phi) is 5.31. The molecule has 4 heteroatoms. The van der Waals surface area contributed by atoms with E-state index in [1.54, 1.807) is 0 Å². The maximum Gasteiger partial charge on any atom is 0.0702 e. The molecular weight excluding hydrogens is 238 g/mol. The Morgan fingerprint density at radius 3 is 2.84 bits per heavy atom. The van der Waals surface area contributed by atoms with E-state index in [2.05, 4.69) is 35.9 Å². The molecular formula is C15H25N3O. The van der Waals surface area contributed by atoms with E-state index in [-0.39, 0.29) is 12.1 Å². The van der Waals surface area contributed by atoms with Crippen LogP contribution in [-0.2, 0) is 4.74 Å². The number of likely N-dealkylation sites (tertiary alicyclic amines) is 1. The maximum atomic E-state index is 6.22. The van der Waals surface area contributed by atoms with E-state index < -0.39 is 0 Å². The molecule has 1 aromatic heterocycles. The van der Waals surface area contributed by atoms with Crippen molar-refractivity contribution in [1.29, 1.82) is 0 Å². The van der Waals surface area contributed by atoms with Gasteiger partial charge in [-0.1, -0.05) is 0 Å². The number of piperidine rings is 1. The Bertz CT molecular complexity index is 367. The molecule has 0 spiro atoms. The zero-order chi connectivity index (χ0) is 13.7. The third-order valence-electron chi connectivity index (χ3n) is 3.75. The highest BCUT2D eigenvalue weighted by atomic mass is 16.5. The lowest BCUT2D eigenvalue weighted by molar-refractivity contribution is -0.0106. The average Bonchev–Trinajstić information content (AvgIpc) is 2.40. The minimum atomic E-state index is 0.0998. The van der Waals surface area contributed by atoms with Crippen molar-refractivity contribution in [3.63, 3.8) is 0 Å². The molecule has 1 aliphatic heterocycles. The zero-order valence-electron chi connectivity index (χ0n) is 12.0. The van der Waals surface area contributed by atoms with Crippen molar-refractivity contribution in [2.45, 2.75) is 44.9 Å². The average molecular weight is 263 g/mol. The van der Waals surface area contributed by atoms with Gasteiger partial charge in [0.25, 0.3) is 0 Å². The summed E-state index contributed by atoms with van der Waals surface area (Å²) in [4.78, 5) is 6.55. The van der Waals surface area contributed by atoms with Gasteiger partial charge in [-0.05, 0) is 50.9 Å². The Balaban J connectivity index is 2.11. The number of nitrogens with zero attached hydrogens (tertiary/aromatic N) is 2. The molecule has 0 saturated carbocycles. The molecule has 106 valence electrons.